The first-order chi connectivity index (χ1) is 6.07. The topological polar surface area (TPSA) is 61.1 Å². The van der Waals surface area contributed by atoms with Crippen LogP contribution in [0.4, 0.5) is 0 Å². The molecular formula is C9H7NO2S. The van der Waals surface area contributed by atoms with Crippen molar-refractivity contribution >= 4 is 18.6 Å². The maximum absolute atomic E-state index is 10.7. The standard InChI is InChI=1S/C9H7NO2S/c1-5-6(9(11)12)2-3-8(13)7(5)4-10/h2-3,13H,1H3,(H,11,12). The largest absolute Gasteiger partial charge is 0.478 e. The molecule has 0 bridgehead atoms. The number of hydrogen-bond acceptors (Lipinski definition) is 3. The molecule has 13 heavy (non-hydrogen) atoms. The molecule has 0 saturated carbocycles. The SMILES string of the molecule is Cc1c(C(=O)O)ccc(S)c1C#N. The van der Waals surface area contributed by atoms with E-state index in [1.165, 1.54) is 12.1 Å². The van der Waals surface area contributed by atoms with Crippen molar-refractivity contribution in [3.63, 3.8) is 0 Å². The van der Waals surface area contributed by atoms with Crippen molar-refractivity contribution in [1.29, 1.82) is 5.26 Å². The summed E-state index contributed by atoms with van der Waals surface area (Å²) in [7, 11) is 0. The lowest BCUT2D eigenvalue weighted by atomic mass is 10.0. The summed E-state index contributed by atoms with van der Waals surface area (Å²) in [5, 5.41) is 17.5. The number of benzene rings is 1. The number of nitriles is 1. The molecule has 0 amide bonds. The molecule has 0 fully saturated rings. The van der Waals surface area contributed by atoms with Crippen LogP contribution >= 0.6 is 12.6 Å². The first-order valence-electron chi connectivity index (χ1n) is 3.54. The summed E-state index contributed by atoms with van der Waals surface area (Å²) in [6, 6.07) is 4.88. The van der Waals surface area contributed by atoms with Gasteiger partial charge in [-0.25, -0.2) is 4.79 Å². The molecule has 0 aromatic heterocycles. The number of aromatic carboxylic acids is 1. The van der Waals surface area contributed by atoms with Crippen LogP contribution in [0.3, 0.4) is 0 Å². The second-order valence-electron chi connectivity index (χ2n) is 2.55. The lowest BCUT2D eigenvalue weighted by Crippen LogP contribution is -2.01. The van der Waals surface area contributed by atoms with E-state index in [2.05, 4.69) is 12.6 Å². The van der Waals surface area contributed by atoms with Gasteiger partial charge in [-0.3, -0.25) is 0 Å². The smallest absolute Gasteiger partial charge is 0.335 e. The fraction of sp³-hybridized carbons (Fsp3) is 0.111. The number of thiol groups is 1. The van der Waals surface area contributed by atoms with Gasteiger partial charge in [0.05, 0.1) is 11.1 Å². The molecule has 0 spiro atoms. The molecular weight excluding hydrogens is 186 g/mol. The molecule has 3 nitrogen and oxygen atoms in total. The molecule has 0 atom stereocenters. The van der Waals surface area contributed by atoms with Gasteiger partial charge in [0.2, 0.25) is 0 Å². The average molecular weight is 193 g/mol. The molecule has 0 saturated heterocycles. The number of nitrogens with zero attached hydrogens (tertiary/aromatic N) is 1. The Labute approximate surface area is 81.0 Å². The van der Waals surface area contributed by atoms with Gasteiger partial charge in [0, 0.05) is 4.90 Å². The van der Waals surface area contributed by atoms with E-state index >= 15 is 0 Å². The van der Waals surface area contributed by atoms with Gasteiger partial charge in [-0.15, -0.1) is 12.6 Å². The highest BCUT2D eigenvalue weighted by Crippen LogP contribution is 2.20. The van der Waals surface area contributed by atoms with E-state index in [0.717, 1.165) is 0 Å². The van der Waals surface area contributed by atoms with Crippen LogP contribution in [-0.2, 0) is 0 Å². The molecule has 0 radical (unpaired) electrons. The summed E-state index contributed by atoms with van der Waals surface area (Å²) in [5.41, 5.74) is 0.931. The van der Waals surface area contributed by atoms with Crippen LogP contribution < -0.4 is 0 Å². The van der Waals surface area contributed by atoms with E-state index in [1.807, 2.05) is 6.07 Å². The molecule has 1 aromatic rings. The number of rotatable bonds is 1. The lowest BCUT2D eigenvalue weighted by Gasteiger charge is -2.04. The van der Waals surface area contributed by atoms with E-state index < -0.39 is 5.97 Å². The van der Waals surface area contributed by atoms with E-state index in [9.17, 15) is 4.79 Å². The molecule has 1 N–H and O–H groups in total. The zero-order valence-electron chi connectivity index (χ0n) is 6.90. The molecule has 0 unspecified atom stereocenters. The predicted octanol–water partition coefficient (Wildman–Crippen LogP) is 1.85. The molecule has 0 aliphatic heterocycles. The highest BCUT2D eigenvalue weighted by atomic mass is 32.1. The van der Waals surface area contributed by atoms with Gasteiger partial charge < -0.3 is 5.11 Å². The van der Waals surface area contributed by atoms with Crippen LogP contribution in [0, 0.1) is 18.3 Å². The normalized spacial score (nSPS) is 9.31. The third-order valence-corrected chi connectivity index (χ3v) is 2.16. The molecule has 0 aliphatic carbocycles. The van der Waals surface area contributed by atoms with Crippen molar-refractivity contribution in [3.05, 3.63) is 28.8 Å². The van der Waals surface area contributed by atoms with Gasteiger partial charge in [0.15, 0.2) is 0 Å². The Bertz CT molecular complexity index is 407. The first kappa shape index (κ1) is 9.62. The first-order valence-corrected chi connectivity index (χ1v) is 3.98. The van der Waals surface area contributed by atoms with Crippen molar-refractivity contribution in [3.8, 4) is 6.07 Å². The van der Waals surface area contributed by atoms with Gasteiger partial charge in [-0.2, -0.15) is 5.26 Å². The monoisotopic (exact) mass is 193 g/mol. The molecule has 0 aliphatic rings. The van der Waals surface area contributed by atoms with E-state index in [1.54, 1.807) is 6.92 Å². The minimum Gasteiger partial charge on any atom is -0.478 e. The van der Waals surface area contributed by atoms with Crippen LogP contribution in [0.25, 0.3) is 0 Å². The molecule has 0 heterocycles. The number of carboxylic acid groups (broad SMARTS) is 1. The second kappa shape index (κ2) is 3.50. The summed E-state index contributed by atoms with van der Waals surface area (Å²) >= 11 is 4.05. The minimum atomic E-state index is -1.03. The van der Waals surface area contributed by atoms with Crippen molar-refractivity contribution in [2.75, 3.05) is 0 Å². The third-order valence-electron chi connectivity index (χ3n) is 1.79. The van der Waals surface area contributed by atoms with Gasteiger partial charge in [0.1, 0.15) is 6.07 Å². The van der Waals surface area contributed by atoms with Crippen LogP contribution in [0.1, 0.15) is 21.5 Å². The van der Waals surface area contributed by atoms with Crippen molar-refractivity contribution in [2.24, 2.45) is 0 Å². The maximum Gasteiger partial charge on any atom is 0.335 e. The molecule has 1 rings (SSSR count). The van der Waals surface area contributed by atoms with Crippen LogP contribution in [-0.4, -0.2) is 11.1 Å². The summed E-state index contributed by atoms with van der Waals surface area (Å²) in [6.07, 6.45) is 0. The second-order valence-corrected chi connectivity index (χ2v) is 3.03. The van der Waals surface area contributed by atoms with E-state index in [4.69, 9.17) is 10.4 Å². The summed E-state index contributed by atoms with van der Waals surface area (Å²) in [5.74, 6) is -1.03. The lowest BCUT2D eigenvalue weighted by molar-refractivity contribution is 0.0696. The van der Waals surface area contributed by atoms with E-state index in [0.29, 0.717) is 16.0 Å². The van der Waals surface area contributed by atoms with Crippen LogP contribution in [0.2, 0.25) is 0 Å². The Kier molecular flexibility index (Phi) is 2.59. The summed E-state index contributed by atoms with van der Waals surface area (Å²) in [6.45, 7) is 1.60. The zero-order chi connectivity index (χ0) is 10.0. The molecule has 1 aromatic carbocycles. The highest BCUT2D eigenvalue weighted by molar-refractivity contribution is 7.80. The van der Waals surface area contributed by atoms with Gasteiger partial charge in [-0.1, -0.05) is 0 Å². The Morgan fingerprint density at radius 2 is 2.23 bits per heavy atom. The minimum absolute atomic E-state index is 0.148. The van der Waals surface area contributed by atoms with Crippen LogP contribution in [0.15, 0.2) is 17.0 Å². The van der Waals surface area contributed by atoms with Crippen LogP contribution in [0.5, 0.6) is 0 Å². The summed E-state index contributed by atoms with van der Waals surface area (Å²) in [4.78, 5) is 11.2. The van der Waals surface area contributed by atoms with Gasteiger partial charge in [-0.05, 0) is 24.6 Å². The fourth-order valence-electron chi connectivity index (χ4n) is 1.07. The summed E-state index contributed by atoms with van der Waals surface area (Å²) < 4.78 is 0. The predicted molar refractivity (Wildman–Crippen MR) is 50.1 cm³/mol. The zero-order valence-corrected chi connectivity index (χ0v) is 7.80. The fourth-order valence-corrected chi connectivity index (χ4v) is 1.36. The Balaban J connectivity index is 3.47. The highest BCUT2D eigenvalue weighted by Gasteiger charge is 2.11. The maximum atomic E-state index is 10.7. The van der Waals surface area contributed by atoms with Crippen molar-refractivity contribution in [1.82, 2.24) is 0 Å². The molecule has 4 heteroatoms. The average Bonchev–Trinajstić information content (AvgIpc) is 2.04. The molecule has 66 valence electrons. The Morgan fingerprint density at radius 3 is 2.69 bits per heavy atom. The number of carboxylic acids is 1. The Hall–Kier alpha value is -1.47. The van der Waals surface area contributed by atoms with Gasteiger partial charge in [0.25, 0.3) is 0 Å². The number of hydrogen-bond donors (Lipinski definition) is 2. The van der Waals surface area contributed by atoms with Gasteiger partial charge >= 0.3 is 5.97 Å². The number of carbonyl (C=O) groups is 1. The quantitative estimate of drug-likeness (QED) is 0.669. The van der Waals surface area contributed by atoms with E-state index in [-0.39, 0.29) is 5.56 Å². The third kappa shape index (κ3) is 1.65. The van der Waals surface area contributed by atoms with Crippen molar-refractivity contribution < 1.29 is 9.90 Å². The van der Waals surface area contributed by atoms with Crippen molar-refractivity contribution in [2.45, 2.75) is 11.8 Å². The Morgan fingerprint density at radius 1 is 1.62 bits per heavy atom.